The Labute approximate surface area is 161 Å². The van der Waals surface area contributed by atoms with Crippen LogP contribution in [0.5, 0.6) is 5.75 Å². The van der Waals surface area contributed by atoms with Gasteiger partial charge in [-0.05, 0) is 37.3 Å². The number of amides is 1. The van der Waals surface area contributed by atoms with Gasteiger partial charge in [0.15, 0.2) is 0 Å². The van der Waals surface area contributed by atoms with Crippen molar-refractivity contribution in [1.82, 2.24) is 9.80 Å². The Bertz CT molecular complexity index is 570. The van der Waals surface area contributed by atoms with Crippen LogP contribution in [-0.4, -0.2) is 68.3 Å². The van der Waals surface area contributed by atoms with Gasteiger partial charge in [0.25, 0.3) is 0 Å². The van der Waals surface area contributed by atoms with Gasteiger partial charge < -0.3 is 14.4 Å². The molecule has 0 aromatic heterocycles. The molecule has 6 heteroatoms. The molecule has 0 radical (unpaired) electrons. The number of ether oxygens (including phenoxy) is 2. The van der Waals surface area contributed by atoms with Gasteiger partial charge in [0, 0.05) is 52.4 Å². The highest BCUT2D eigenvalue weighted by Gasteiger charge is 2.22. The lowest BCUT2D eigenvalue weighted by Crippen LogP contribution is -2.49. The van der Waals surface area contributed by atoms with E-state index in [4.69, 9.17) is 21.1 Å². The van der Waals surface area contributed by atoms with Crippen LogP contribution in [0.15, 0.2) is 24.3 Å². The molecule has 0 saturated carbocycles. The molecule has 2 aliphatic rings. The smallest absolute Gasteiger partial charge is 0.222 e. The fourth-order valence-electron chi connectivity index (χ4n) is 3.59. The second-order valence-corrected chi connectivity index (χ2v) is 7.53. The molecule has 5 nitrogen and oxygen atoms in total. The molecular formula is C20H29ClN2O3. The second kappa shape index (κ2) is 10.1. The molecule has 0 aliphatic carbocycles. The fourth-order valence-corrected chi connectivity index (χ4v) is 3.78. The predicted molar refractivity (Wildman–Crippen MR) is 103 cm³/mol. The standard InChI is InChI=1S/C20H29ClN2O3/c21-18-5-1-2-6-19(18)26-15-13-22-9-11-23(12-10-22)20(24)8-7-17-4-3-14-25-16-17/h1-2,5-6,17H,3-4,7-16H2. The van der Waals surface area contributed by atoms with Gasteiger partial charge in [-0.2, -0.15) is 0 Å². The first kappa shape index (κ1) is 19.5. The van der Waals surface area contributed by atoms with Crippen LogP contribution in [0.25, 0.3) is 0 Å². The van der Waals surface area contributed by atoms with Gasteiger partial charge in [-0.3, -0.25) is 9.69 Å². The average Bonchev–Trinajstić information content (AvgIpc) is 2.69. The first-order valence-electron chi connectivity index (χ1n) is 9.67. The van der Waals surface area contributed by atoms with Crippen molar-refractivity contribution in [2.45, 2.75) is 25.7 Å². The predicted octanol–water partition coefficient (Wildman–Crippen LogP) is 3.07. The van der Waals surface area contributed by atoms with Crippen molar-refractivity contribution in [3.63, 3.8) is 0 Å². The zero-order chi connectivity index (χ0) is 18.2. The molecule has 2 fully saturated rings. The molecule has 0 N–H and O–H groups in total. The van der Waals surface area contributed by atoms with E-state index in [1.54, 1.807) is 0 Å². The highest BCUT2D eigenvalue weighted by atomic mass is 35.5. The first-order valence-corrected chi connectivity index (χ1v) is 10.1. The van der Waals surface area contributed by atoms with E-state index >= 15 is 0 Å². The molecule has 144 valence electrons. The lowest BCUT2D eigenvalue weighted by molar-refractivity contribution is -0.133. The van der Waals surface area contributed by atoms with E-state index in [9.17, 15) is 4.79 Å². The van der Waals surface area contributed by atoms with E-state index in [-0.39, 0.29) is 0 Å². The average molecular weight is 381 g/mol. The van der Waals surface area contributed by atoms with E-state index in [0.717, 1.165) is 64.5 Å². The van der Waals surface area contributed by atoms with Crippen molar-refractivity contribution in [3.8, 4) is 5.75 Å². The van der Waals surface area contributed by atoms with Crippen molar-refractivity contribution < 1.29 is 14.3 Å². The van der Waals surface area contributed by atoms with E-state index in [2.05, 4.69) is 4.90 Å². The Kier molecular flexibility index (Phi) is 7.59. The lowest BCUT2D eigenvalue weighted by atomic mass is 9.96. The normalized spacial score (nSPS) is 21.6. The third-order valence-corrected chi connectivity index (χ3v) is 5.56. The number of halogens is 1. The van der Waals surface area contributed by atoms with Crippen molar-refractivity contribution in [1.29, 1.82) is 0 Å². The Morgan fingerprint density at radius 3 is 2.77 bits per heavy atom. The third-order valence-electron chi connectivity index (χ3n) is 5.25. The lowest BCUT2D eigenvalue weighted by Gasteiger charge is -2.35. The number of rotatable bonds is 7. The van der Waals surface area contributed by atoms with Crippen molar-refractivity contribution in [2.75, 3.05) is 52.5 Å². The van der Waals surface area contributed by atoms with E-state index in [0.29, 0.717) is 29.9 Å². The number of piperazine rings is 1. The molecule has 1 amide bonds. The third kappa shape index (κ3) is 5.86. The van der Waals surface area contributed by atoms with Gasteiger partial charge in [0.1, 0.15) is 12.4 Å². The molecule has 1 aromatic carbocycles. The SMILES string of the molecule is O=C(CCC1CCCOC1)N1CCN(CCOc2ccccc2Cl)CC1. The quantitative estimate of drug-likeness (QED) is 0.729. The van der Waals surface area contributed by atoms with Gasteiger partial charge in [-0.1, -0.05) is 23.7 Å². The topological polar surface area (TPSA) is 42.0 Å². The molecule has 2 saturated heterocycles. The van der Waals surface area contributed by atoms with Crippen molar-refractivity contribution in [3.05, 3.63) is 29.3 Å². The van der Waals surface area contributed by atoms with Gasteiger partial charge >= 0.3 is 0 Å². The van der Waals surface area contributed by atoms with Crippen LogP contribution in [0.2, 0.25) is 5.02 Å². The number of hydrogen-bond donors (Lipinski definition) is 0. The van der Waals surface area contributed by atoms with Crippen molar-refractivity contribution >= 4 is 17.5 Å². The molecule has 2 heterocycles. The number of benzene rings is 1. The molecule has 1 aromatic rings. The summed E-state index contributed by atoms with van der Waals surface area (Å²) in [5.74, 6) is 1.59. The molecule has 3 rings (SSSR count). The maximum atomic E-state index is 12.4. The summed E-state index contributed by atoms with van der Waals surface area (Å²) in [5, 5.41) is 0.645. The van der Waals surface area contributed by atoms with Crippen LogP contribution < -0.4 is 4.74 Å². The van der Waals surface area contributed by atoms with Gasteiger partial charge in [0.2, 0.25) is 5.91 Å². The van der Waals surface area contributed by atoms with Crippen LogP contribution in [0.1, 0.15) is 25.7 Å². The summed E-state index contributed by atoms with van der Waals surface area (Å²) in [5.41, 5.74) is 0. The van der Waals surface area contributed by atoms with E-state index < -0.39 is 0 Å². The van der Waals surface area contributed by atoms with Crippen LogP contribution in [0, 0.1) is 5.92 Å². The number of para-hydroxylation sites is 1. The van der Waals surface area contributed by atoms with Crippen LogP contribution in [0.4, 0.5) is 0 Å². The molecule has 26 heavy (non-hydrogen) atoms. The van der Waals surface area contributed by atoms with Crippen LogP contribution >= 0.6 is 11.6 Å². The number of carbonyl (C=O) groups excluding carboxylic acids is 1. The summed E-state index contributed by atoms with van der Waals surface area (Å²) in [6.07, 6.45) is 3.95. The molecule has 2 aliphatic heterocycles. The summed E-state index contributed by atoms with van der Waals surface area (Å²) >= 11 is 6.09. The monoisotopic (exact) mass is 380 g/mol. The molecule has 1 unspecified atom stereocenters. The molecule has 1 atom stereocenters. The van der Waals surface area contributed by atoms with Crippen molar-refractivity contribution in [2.24, 2.45) is 5.92 Å². The number of nitrogens with zero attached hydrogens (tertiary/aromatic N) is 2. The highest BCUT2D eigenvalue weighted by molar-refractivity contribution is 6.32. The Balaban J connectivity index is 1.31. The maximum absolute atomic E-state index is 12.4. The Morgan fingerprint density at radius 2 is 2.04 bits per heavy atom. The fraction of sp³-hybridized carbons (Fsp3) is 0.650. The number of hydrogen-bond acceptors (Lipinski definition) is 4. The van der Waals surface area contributed by atoms with Crippen LogP contribution in [0.3, 0.4) is 0 Å². The zero-order valence-electron chi connectivity index (χ0n) is 15.4. The summed E-state index contributed by atoms with van der Waals surface area (Å²) in [7, 11) is 0. The summed E-state index contributed by atoms with van der Waals surface area (Å²) in [6.45, 7) is 6.61. The molecular weight excluding hydrogens is 352 g/mol. The van der Waals surface area contributed by atoms with E-state index in [1.165, 1.54) is 6.42 Å². The Hall–Kier alpha value is -1.30. The zero-order valence-corrected chi connectivity index (χ0v) is 16.1. The highest BCUT2D eigenvalue weighted by Crippen LogP contribution is 2.23. The Morgan fingerprint density at radius 1 is 1.23 bits per heavy atom. The van der Waals surface area contributed by atoms with Crippen LogP contribution in [-0.2, 0) is 9.53 Å². The molecule has 0 bridgehead atoms. The van der Waals surface area contributed by atoms with Gasteiger partial charge in [-0.25, -0.2) is 0 Å². The summed E-state index contributed by atoms with van der Waals surface area (Å²) in [4.78, 5) is 16.8. The number of carbonyl (C=O) groups is 1. The summed E-state index contributed by atoms with van der Waals surface area (Å²) < 4.78 is 11.3. The van der Waals surface area contributed by atoms with Gasteiger partial charge in [-0.15, -0.1) is 0 Å². The first-order chi connectivity index (χ1) is 12.7. The second-order valence-electron chi connectivity index (χ2n) is 7.12. The minimum atomic E-state index is 0.294. The largest absolute Gasteiger partial charge is 0.491 e. The minimum absolute atomic E-state index is 0.294. The maximum Gasteiger partial charge on any atom is 0.222 e. The summed E-state index contributed by atoms with van der Waals surface area (Å²) in [6, 6.07) is 7.54. The van der Waals surface area contributed by atoms with E-state index in [1.807, 2.05) is 29.2 Å². The van der Waals surface area contributed by atoms with Gasteiger partial charge in [0.05, 0.1) is 5.02 Å². The minimum Gasteiger partial charge on any atom is -0.491 e. The molecule has 0 spiro atoms.